The number of nitrogens with zero attached hydrogens (tertiary/aromatic N) is 5. The van der Waals surface area contributed by atoms with Crippen molar-refractivity contribution in [3.05, 3.63) is 48.3 Å². The number of halogens is 1. The zero-order valence-electron chi connectivity index (χ0n) is 16.2. The third-order valence-corrected chi connectivity index (χ3v) is 5.90. The fourth-order valence-corrected chi connectivity index (χ4v) is 4.25. The fraction of sp³-hybridized carbons (Fsp3) is 0.400. The minimum absolute atomic E-state index is 0. The van der Waals surface area contributed by atoms with Crippen LogP contribution in [0, 0.1) is 0 Å². The number of nitrogens with one attached hydrogen (secondary N) is 1. The molecule has 0 aliphatic carbocycles. The van der Waals surface area contributed by atoms with Crippen molar-refractivity contribution in [2.45, 2.75) is 37.8 Å². The molecular weight excluding hydrogens is 390 g/mol. The molecule has 5 heterocycles. The summed E-state index contributed by atoms with van der Waals surface area (Å²) >= 11 is 0. The van der Waals surface area contributed by atoms with E-state index in [9.17, 15) is 0 Å². The average molecular weight is 414 g/mol. The Morgan fingerprint density at radius 2 is 2.03 bits per heavy atom. The van der Waals surface area contributed by atoms with Gasteiger partial charge in [-0.25, -0.2) is 15.0 Å². The number of nitrogen functional groups attached to an aromatic ring is 1. The molecule has 1 spiro atoms. The molecule has 152 valence electrons. The lowest BCUT2D eigenvalue weighted by atomic mass is 9.82. The summed E-state index contributed by atoms with van der Waals surface area (Å²) in [5.74, 6) is 0.898. The summed E-state index contributed by atoms with van der Waals surface area (Å²) in [6.45, 7) is 5.01. The predicted molar refractivity (Wildman–Crippen MR) is 112 cm³/mol. The van der Waals surface area contributed by atoms with Crippen molar-refractivity contribution in [3.63, 3.8) is 0 Å². The highest BCUT2D eigenvalue weighted by Crippen LogP contribution is 2.41. The monoisotopic (exact) mass is 413 g/mol. The van der Waals surface area contributed by atoms with Gasteiger partial charge in [0.2, 0.25) is 0 Å². The van der Waals surface area contributed by atoms with Gasteiger partial charge in [-0.15, -0.1) is 12.4 Å². The Kier molecular flexibility index (Phi) is 5.14. The molecule has 1 fully saturated rings. The Balaban J connectivity index is 0.00000205. The maximum atomic E-state index is 6.06. The molecule has 3 N–H and O–H groups in total. The first-order valence-electron chi connectivity index (χ1n) is 9.61. The van der Waals surface area contributed by atoms with Gasteiger partial charge in [0.15, 0.2) is 11.6 Å². The number of aryl methyl sites for hydroxylation is 1. The number of rotatable bonds is 4. The minimum atomic E-state index is -0.236. The lowest BCUT2D eigenvalue weighted by Crippen LogP contribution is -2.25. The molecule has 2 aliphatic rings. The normalized spacial score (nSPS) is 21.0. The van der Waals surface area contributed by atoms with Crippen LogP contribution in [0.25, 0.3) is 11.3 Å². The van der Waals surface area contributed by atoms with Crippen LogP contribution >= 0.6 is 12.4 Å². The molecule has 0 aromatic carbocycles. The van der Waals surface area contributed by atoms with Gasteiger partial charge in [0.05, 0.1) is 5.69 Å². The van der Waals surface area contributed by atoms with Crippen LogP contribution in [-0.4, -0.2) is 37.8 Å². The second-order valence-electron chi connectivity index (χ2n) is 7.63. The van der Waals surface area contributed by atoms with E-state index in [2.05, 4.69) is 31.0 Å². The van der Waals surface area contributed by atoms with Gasteiger partial charge in [-0.2, -0.15) is 5.10 Å². The summed E-state index contributed by atoms with van der Waals surface area (Å²) in [5.41, 5.74) is 10.3. The largest absolute Gasteiger partial charge is 0.482 e. The van der Waals surface area contributed by atoms with E-state index in [0.717, 1.165) is 42.9 Å². The molecule has 2 atom stereocenters. The number of aromatic nitrogens is 5. The Morgan fingerprint density at radius 1 is 1.21 bits per heavy atom. The molecule has 3 aromatic heterocycles. The van der Waals surface area contributed by atoms with E-state index in [-0.39, 0.29) is 23.9 Å². The van der Waals surface area contributed by atoms with Gasteiger partial charge in [-0.3, -0.25) is 4.68 Å². The smallest absolute Gasteiger partial charge is 0.166 e. The number of ether oxygens (including phenoxy) is 1. The van der Waals surface area contributed by atoms with Gasteiger partial charge in [-0.05, 0) is 38.4 Å². The molecule has 0 unspecified atom stereocenters. The van der Waals surface area contributed by atoms with E-state index in [1.165, 1.54) is 18.4 Å². The number of anilines is 1. The lowest BCUT2D eigenvalue weighted by Gasteiger charge is -2.20. The minimum Gasteiger partial charge on any atom is -0.482 e. The zero-order valence-corrected chi connectivity index (χ0v) is 17.0. The predicted octanol–water partition coefficient (Wildman–Crippen LogP) is 2.51. The summed E-state index contributed by atoms with van der Waals surface area (Å²) < 4.78 is 8.19. The number of fused-ring (bicyclic) bond motifs is 2. The van der Waals surface area contributed by atoms with Crippen LogP contribution in [0.2, 0.25) is 0 Å². The van der Waals surface area contributed by atoms with Gasteiger partial charge in [0.1, 0.15) is 12.4 Å². The van der Waals surface area contributed by atoms with Crippen LogP contribution in [0.4, 0.5) is 5.82 Å². The summed E-state index contributed by atoms with van der Waals surface area (Å²) in [6, 6.07) is 4.12. The average Bonchev–Trinajstić information content (AvgIpc) is 3.43. The van der Waals surface area contributed by atoms with E-state index in [1.807, 2.05) is 13.0 Å². The standard InChI is InChI=1S/C20H23N7O.ClH/c1-13(15-8-23-12-24-9-15)28-17-6-14(10-25-19(17)21)16-7-18-20(2-4-22-11-20)3-5-27(18)26-16;/h6-10,12-13,22H,2-5,11H2,1H3,(H2,21,25);1H/t13-,20+;/m1./s1. The van der Waals surface area contributed by atoms with Gasteiger partial charge in [-0.1, -0.05) is 0 Å². The van der Waals surface area contributed by atoms with Crippen molar-refractivity contribution < 1.29 is 4.74 Å². The first-order chi connectivity index (χ1) is 13.6. The molecule has 0 saturated carbocycles. The van der Waals surface area contributed by atoms with Gasteiger partial charge >= 0.3 is 0 Å². The zero-order chi connectivity index (χ0) is 19.1. The fourth-order valence-electron chi connectivity index (χ4n) is 4.25. The summed E-state index contributed by atoms with van der Waals surface area (Å²) in [4.78, 5) is 12.4. The molecule has 0 bridgehead atoms. The molecule has 8 nitrogen and oxygen atoms in total. The van der Waals surface area contributed by atoms with Crippen LogP contribution in [0.3, 0.4) is 0 Å². The SMILES string of the molecule is C[C@@H](Oc1cc(-c2cc3n(n2)CC[C@]32CCNC2)cnc1N)c1cncnc1.Cl. The Morgan fingerprint density at radius 3 is 2.79 bits per heavy atom. The number of nitrogens with two attached hydrogens (primary N) is 1. The quantitative estimate of drug-likeness (QED) is 0.677. The van der Waals surface area contributed by atoms with Crippen LogP contribution in [0.1, 0.15) is 37.1 Å². The molecule has 0 radical (unpaired) electrons. The van der Waals surface area contributed by atoms with Crippen LogP contribution < -0.4 is 15.8 Å². The molecule has 2 aliphatic heterocycles. The molecule has 5 rings (SSSR count). The first kappa shape index (κ1) is 19.6. The van der Waals surface area contributed by atoms with E-state index < -0.39 is 0 Å². The van der Waals surface area contributed by atoms with Gasteiger partial charge < -0.3 is 15.8 Å². The van der Waals surface area contributed by atoms with Crippen molar-refractivity contribution in [2.24, 2.45) is 0 Å². The highest BCUT2D eigenvalue weighted by Gasteiger charge is 2.42. The van der Waals surface area contributed by atoms with Crippen LogP contribution in [0.15, 0.2) is 37.1 Å². The molecular formula is C20H24ClN7O. The van der Waals surface area contributed by atoms with Crippen molar-refractivity contribution in [2.75, 3.05) is 18.8 Å². The Hall–Kier alpha value is -2.71. The Bertz CT molecular complexity index is 1000. The van der Waals surface area contributed by atoms with Gasteiger partial charge in [0, 0.05) is 53.9 Å². The Labute approximate surface area is 175 Å². The second-order valence-corrected chi connectivity index (χ2v) is 7.63. The van der Waals surface area contributed by atoms with Crippen molar-refractivity contribution in [1.82, 2.24) is 30.0 Å². The molecule has 3 aromatic rings. The third-order valence-electron chi connectivity index (χ3n) is 5.90. The van der Waals surface area contributed by atoms with E-state index in [0.29, 0.717) is 11.6 Å². The summed E-state index contributed by atoms with van der Waals surface area (Å²) in [6.07, 6.45) is 8.82. The highest BCUT2D eigenvalue weighted by molar-refractivity contribution is 5.85. The number of hydrogen-bond acceptors (Lipinski definition) is 7. The number of hydrogen-bond donors (Lipinski definition) is 2. The topological polar surface area (TPSA) is 104 Å². The first-order valence-corrected chi connectivity index (χ1v) is 9.61. The van der Waals surface area contributed by atoms with Crippen LogP contribution in [0.5, 0.6) is 5.75 Å². The maximum Gasteiger partial charge on any atom is 0.166 e. The summed E-state index contributed by atoms with van der Waals surface area (Å²) in [7, 11) is 0. The molecule has 29 heavy (non-hydrogen) atoms. The van der Waals surface area contributed by atoms with Gasteiger partial charge in [0.25, 0.3) is 0 Å². The van der Waals surface area contributed by atoms with Crippen molar-refractivity contribution in [3.8, 4) is 17.0 Å². The lowest BCUT2D eigenvalue weighted by molar-refractivity contribution is 0.227. The maximum absolute atomic E-state index is 6.06. The summed E-state index contributed by atoms with van der Waals surface area (Å²) in [5, 5.41) is 8.32. The molecule has 0 amide bonds. The van der Waals surface area contributed by atoms with E-state index in [1.54, 1.807) is 18.6 Å². The third kappa shape index (κ3) is 3.42. The molecule has 9 heteroatoms. The number of pyridine rings is 1. The van der Waals surface area contributed by atoms with Crippen molar-refractivity contribution in [1.29, 1.82) is 0 Å². The van der Waals surface area contributed by atoms with E-state index in [4.69, 9.17) is 15.6 Å². The van der Waals surface area contributed by atoms with Crippen molar-refractivity contribution >= 4 is 18.2 Å². The molecule has 1 saturated heterocycles. The second kappa shape index (κ2) is 7.61. The van der Waals surface area contributed by atoms with Crippen LogP contribution in [-0.2, 0) is 12.0 Å². The van der Waals surface area contributed by atoms with E-state index >= 15 is 0 Å². The highest BCUT2D eigenvalue weighted by atomic mass is 35.5.